The highest BCUT2D eigenvalue weighted by atomic mass is 35.5. The molecule has 0 aromatic heterocycles. The lowest BCUT2D eigenvalue weighted by atomic mass is 9.86. The van der Waals surface area contributed by atoms with Gasteiger partial charge in [0.15, 0.2) is 6.10 Å². The zero-order valence-electron chi connectivity index (χ0n) is 17.7. The van der Waals surface area contributed by atoms with Gasteiger partial charge in [-0.3, -0.25) is 9.10 Å². The van der Waals surface area contributed by atoms with Gasteiger partial charge in [-0.1, -0.05) is 38.4 Å². The molecule has 1 aliphatic rings. The van der Waals surface area contributed by atoms with Gasteiger partial charge in [0.05, 0.1) is 34.8 Å². The average molecular weight is 491 g/mol. The van der Waals surface area contributed by atoms with Crippen LogP contribution in [0.5, 0.6) is 5.75 Å². The number of carbonyl (C=O) groups is 1. The van der Waals surface area contributed by atoms with Crippen molar-refractivity contribution in [1.29, 1.82) is 0 Å². The number of anilines is 2. The molecule has 3 rings (SSSR count). The summed E-state index contributed by atoms with van der Waals surface area (Å²) in [5, 5.41) is 2.21. The van der Waals surface area contributed by atoms with Crippen LogP contribution in [0.1, 0.15) is 31.9 Å². The number of sulfonamides is 1. The Hall–Kier alpha value is -2.46. The second-order valence-corrected chi connectivity index (χ2v) is 10.8. The Morgan fingerprint density at radius 3 is 2.31 bits per heavy atom. The molecule has 32 heavy (non-hydrogen) atoms. The third-order valence-electron chi connectivity index (χ3n) is 4.94. The summed E-state index contributed by atoms with van der Waals surface area (Å²) in [6.45, 7) is 5.57. The number of fused-ring (bicyclic) bond motifs is 1. The highest BCUT2D eigenvalue weighted by Gasteiger charge is 2.37. The van der Waals surface area contributed by atoms with Crippen LogP contribution in [0.2, 0.25) is 5.02 Å². The first-order chi connectivity index (χ1) is 14.6. The molecule has 2 aromatic rings. The summed E-state index contributed by atoms with van der Waals surface area (Å²) in [6, 6.07) is 7.56. The van der Waals surface area contributed by atoms with Crippen LogP contribution in [0.3, 0.4) is 0 Å². The number of hydrogen-bond acceptors (Lipinski definition) is 4. The molecule has 1 heterocycles. The van der Waals surface area contributed by atoms with Gasteiger partial charge in [0.25, 0.3) is 5.91 Å². The number of benzene rings is 2. The molecule has 0 saturated heterocycles. The topological polar surface area (TPSA) is 75.7 Å². The third-order valence-corrected chi connectivity index (χ3v) is 6.41. The van der Waals surface area contributed by atoms with E-state index in [2.05, 4.69) is 5.32 Å². The summed E-state index contributed by atoms with van der Waals surface area (Å²) < 4.78 is 70.7. The standard InChI is InChI=1S/C21H22ClF3N2O4S/c1-20(2,3)12-6-8-17-16(10-12)27(32(4,29)30)11-18(31-17)19(28)26-15-9-13(21(23,24)25)5-7-14(15)22/h5-10,18H,11H2,1-4H3,(H,26,28). The van der Waals surface area contributed by atoms with Crippen molar-refractivity contribution in [3.63, 3.8) is 0 Å². The quantitative estimate of drug-likeness (QED) is 0.669. The van der Waals surface area contributed by atoms with Gasteiger partial charge < -0.3 is 10.1 Å². The highest BCUT2D eigenvalue weighted by Crippen LogP contribution is 2.39. The maximum Gasteiger partial charge on any atom is 0.416 e. The number of alkyl halides is 3. The largest absolute Gasteiger partial charge is 0.476 e. The molecule has 6 nitrogen and oxygen atoms in total. The first kappa shape index (κ1) is 24.2. The van der Waals surface area contributed by atoms with Crippen LogP contribution in [0.15, 0.2) is 36.4 Å². The summed E-state index contributed by atoms with van der Waals surface area (Å²) in [7, 11) is -3.78. The van der Waals surface area contributed by atoms with Crippen molar-refractivity contribution in [2.75, 3.05) is 22.4 Å². The zero-order chi connectivity index (χ0) is 24.1. The lowest BCUT2D eigenvalue weighted by molar-refractivity contribution is -0.137. The summed E-state index contributed by atoms with van der Waals surface area (Å²) in [5.41, 5.74) is -0.338. The fraction of sp³-hybridized carbons (Fsp3) is 0.381. The maximum absolute atomic E-state index is 13.0. The van der Waals surface area contributed by atoms with Gasteiger partial charge in [-0.05, 0) is 41.3 Å². The van der Waals surface area contributed by atoms with E-state index in [1.54, 1.807) is 18.2 Å². The van der Waals surface area contributed by atoms with Crippen molar-refractivity contribution in [2.24, 2.45) is 0 Å². The molecule has 0 aliphatic carbocycles. The fourth-order valence-corrected chi connectivity index (χ4v) is 4.25. The average Bonchev–Trinajstić information content (AvgIpc) is 2.65. The molecule has 0 bridgehead atoms. The SMILES string of the molecule is CC(C)(C)c1ccc2c(c1)N(S(C)(=O)=O)CC(C(=O)Nc1cc(C(F)(F)F)ccc1Cl)O2. The molecule has 0 radical (unpaired) electrons. The second-order valence-electron chi connectivity index (χ2n) is 8.51. The number of amides is 1. The number of halogens is 4. The molecule has 1 N–H and O–H groups in total. The van der Waals surface area contributed by atoms with Crippen LogP contribution in [0, 0.1) is 0 Å². The van der Waals surface area contributed by atoms with Gasteiger partial charge in [-0.25, -0.2) is 8.42 Å². The van der Waals surface area contributed by atoms with Gasteiger partial charge >= 0.3 is 6.18 Å². The molecule has 174 valence electrons. The summed E-state index contributed by atoms with van der Waals surface area (Å²) in [4.78, 5) is 12.8. The first-order valence-electron chi connectivity index (χ1n) is 9.54. The van der Waals surface area contributed by atoms with Crippen LogP contribution < -0.4 is 14.4 Å². The highest BCUT2D eigenvalue weighted by molar-refractivity contribution is 7.92. The molecule has 1 aliphatic heterocycles. The molecule has 1 amide bonds. The Balaban J connectivity index is 1.93. The predicted octanol–water partition coefficient (Wildman–Crippen LogP) is 4.82. The van der Waals surface area contributed by atoms with Crippen LogP contribution in [-0.2, 0) is 26.4 Å². The monoisotopic (exact) mass is 490 g/mol. The van der Waals surface area contributed by atoms with E-state index in [0.29, 0.717) is 11.8 Å². The van der Waals surface area contributed by atoms with E-state index < -0.39 is 33.8 Å². The van der Waals surface area contributed by atoms with Crippen LogP contribution >= 0.6 is 11.6 Å². The van der Waals surface area contributed by atoms with Crippen LogP contribution in [0.4, 0.5) is 24.5 Å². The van der Waals surface area contributed by atoms with E-state index in [1.165, 1.54) is 0 Å². The molecule has 0 fully saturated rings. The van der Waals surface area contributed by atoms with Gasteiger partial charge in [-0.2, -0.15) is 13.2 Å². The number of ether oxygens (including phenoxy) is 1. The van der Waals surface area contributed by atoms with Crippen molar-refractivity contribution in [1.82, 2.24) is 0 Å². The van der Waals surface area contributed by atoms with Crippen LogP contribution in [-0.4, -0.2) is 33.2 Å². The lowest BCUT2D eigenvalue weighted by Crippen LogP contribution is -2.48. The molecule has 0 spiro atoms. The fourth-order valence-electron chi connectivity index (χ4n) is 3.18. The summed E-state index contributed by atoms with van der Waals surface area (Å²) >= 11 is 5.94. The van der Waals surface area contributed by atoms with Crippen molar-refractivity contribution in [2.45, 2.75) is 38.5 Å². The number of hydrogen-bond donors (Lipinski definition) is 1. The smallest absolute Gasteiger partial charge is 0.416 e. The van der Waals surface area contributed by atoms with Gasteiger partial charge in [-0.15, -0.1) is 0 Å². The third kappa shape index (κ3) is 5.12. The zero-order valence-corrected chi connectivity index (χ0v) is 19.3. The number of nitrogens with zero attached hydrogens (tertiary/aromatic N) is 1. The molecule has 11 heteroatoms. The molecular weight excluding hydrogens is 469 g/mol. The van der Waals surface area contributed by atoms with Crippen molar-refractivity contribution >= 4 is 38.9 Å². The Bertz CT molecular complexity index is 1160. The summed E-state index contributed by atoms with van der Waals surface area (Å²) in [6.07, 6.45) is -4.92. The van der Waals surface area contributed by atoms with E-state index in [1.807, 2.05) is 20.8 Å². The van der Waals surface area contributed by atoms with Gasteiger partial charge in [0.1, 0.15) is 5.75 Å². The summed E-state index contributed by atoms with van der Waals surface area (Å²) in [5.74, 6) is -0.657. The minimum Gasteiger partial charge on any atom is -0.476 e. The Kier molecular flexibility index (Phi) is 6.16. The number of rotatable bonds is 3. The van der Waals surface area contributed by atoms with Crippen molar-refractivity contribution < 1.29 is 31.1 Å². The first-order valence-corrected chi connectivity index (χ1v) is 11.8. The minimum absolute atomic E-state index is 0.0997. The van der Waals surface area contributed by atoms with E-state index in [4.69, 9.17) is 16.3 Å². The Morgan fingerprint density at radius 2 is 1.75 bits per heavy atom. The molecule has 1 unspecified atom stereocenters. The molecule has 1 atom stereocenters. The van der Waals surface area contributed by atoms with E-state index >= 15 is 0 Å². The number of carbonyl (C=O) groups excluding carboxylic acids is 1. The lowest BCUT2D eigenvalue weighted by Gasteiger charge is -2.35. The van der Waals surface area contributed by atoms with Gasteiger partial charge in [0, 0.05) is 0 Å². The Labute approximate surface area is 189 Å². The number of nitrogens with one attached hydrogen (secondary N) is 1. The van der Waals surface area contributed by atoms with E-state index in [9.17, 15) is 26.4 Å². The minimum atomic E-state index is -4.62. The van der Waals surface area contributed by atoms with E-state index in [-0.39, 0.29) is 28.4 Å². The maximum atomic E-state index is 13.0. The van der Waals surface area contributed by atoms with Gasteiger partial charge in [0.2, 0.25) is 10.0 Å². The van der Waals surface area contributed by atoms with Crippen molar-refractivity contribution in [3.8, 4) is 5.75 Å². The van der Waals surface area contributed by atoms with Crippen LogP contribution in [0.25, 0.3) is 0 Å². The molecule has 2 aromatic carbocycles. The Morgan fingerprint density at radius 1 is 1.12 bits per heavy atom. The normalized spacial score (nSPS) is 16.9. The van der Waals surface area contributed by atoms with E-state index in [0.717, 1.165) is 28.3 Å². The second kappa shape index (κ2) is 8.15. The predicted molar refractivity (Wildman–Crippen MR) is 117 cm³/mol. The molecular formula is C21H22ClF3N2O4S. The molecule has 0 saturated carbocycles. The van der Waals surface area contributed by atoms with Crippen molar-refractivity contribution in [3.05, 3.63) is 52.5 Å².